The molecule has 0 atom stereocenters. The van der Waals surface area contributed by atoms with Crippen molar-refractivity contribution in [2.45, 2.75) is 33.1 Å². The number of aromatic nitrogens is 3. The highest BCUT2D eigenvalue weighted by Gasteiger charge is 2.40. The fourth-order valence-corrected chi connectivity index (χ4v) is 5.19. The molecule has 0 unspecified atom stereocenters. The maximum Gasteiger partial charge on any atom is 0.321 e. The minimum absolute atomic E-state index is 0.315. The van der Waals surface area contributed by atoms with Crippen molar-refractivity contribution in [1.29, 1.82) is 0 Å². The molecular formula is C24H29N7O4S. The number of nitrogens with zero attached hydrogens (tertiary/aromatic N) is 5. The number of carbonyl (C=O) groups is 2. The normalized spacial score (nSPS) is 15.2. The second kappa shape index (κ2) is 10.9. The fourth-order valence-electron chi connectivity index (χ4n) is 4.27. The Hall–Kier alpha value is -3.80. The summed E-state index contributed by atoms with van der Waals surface area (Å²) < 4.78 is 0.857. The Morgan fingerprint density at radius 2 is 1.94 bits per heavy atom. The minimum Gasteiger partial charge on any atom is -0.481 e. The average Bonchev–Trinajstić information content (AvgIpc) is 3.29. The van der Waals surface area contributed by atoms with Crippen LogP contribution in [-0.4, -0.2) is 65.0 Å². The molecule has 0 aliphatic carbocycles. The number of rotatable bonds is 8. The Bertz CT molecular complexity index is 1270. The van der Waals surface area contributed by atoms with Gasteiger partial charge in [-0.25, -0.2) is 19.7 Å². The Morgan fingerprint density at radius 1 is 1.22 bits per heavy atom. The first kappa shape index (κ1) is 25.3. The van der Waals surface area contributed by atoms with Gasteiger partial charge in [-0.2, -0.15) is 0 Å². The van der Waals surface area contributed by atoms with Gasteiger partial charge < -0.3 is 20.2 Å². The zero-order valence-electron chi connectivity index (χ0n) is 20.4. The smallest absolute Gasteiger partial charge is 0.321 e. The van der Waals surface area contributed by atoms with Gasteiger partial charge in [-0.3, -0.25) is 10.1 Å². The van der Waals surface area contributed by atoms with Crippen molar-refractivity contribution in [3.63, 3.8) is 0 Å². The third-order valence-corrected chi connectivity index (χ3v) is 7.51. The Morgan fingerprint density at radius 3 is 2.56 bits per heavy atom. The Kier molecular flexibility index (Phi) is 7.63. The van der Waals surface area contributed by atoms with E-state index in [1.54, 1.807) is 18.6 Å². The second-order valence-corrected chi connectivity index (χ2v) is 9.53. The van der Waals surface area contributed by atoms with Crippen molar-refractivity contribution in [2.24, 2.45) is 10.6 Å². The van der Waals surface area contributed by atoms with Crippen molar-refractivity contribution in [3.05, 3.63) is 30.1 Å². The van der Waals surface area contributed by atoms with Crippen LogP contribution < -0.4 is 15.5 Å². The molecule has 2 aromatic heterocycles. The number of hydrogen-bond donors (Lipinski definition) is 3. The molecular weight excluding hydrogens is 482 g/mol. The summed E-state index contributed by atoms with van der Waals surface area (Å²) in [5.41, 5.74) is 2.46. The van der Waals surface area contributed by atoms with Gasteiger partial charge in [0.1, 0.15) is 7.11 Å². The van der Waals surface area contributed by atoms with E-state index >= 15 is 0 Å². The number of urea groups is 1. The van der Waals surface area contributed by atoms with E-state index in [-0.39, 0.29) is 6.03 Å². The third-order valence-electron chi connectivity index (χ3n) is 6.48. The summed E-state index contributed by atoms with van der Waals surface area (Å²) in [4.78, 5) is 44.2. The third kappa shape index (κ3) is 5.23. The molecule has 0 radical (unpaired) electrons. The van der Waals surface area contributed by atoms with E-state index in [1.165, 1.54) is 18.4 Å². The molecule has 0 saturated carbocycles. The van der Waals surface area contributed by atoms with E-state index in [0.29, 0.717) is 55.5 Å². The highest BCUT2D eigenvalue weighted by molar-refractivity contribution is 7.22. The number of carboxylic acids is 1. The zero-order valence-corrected chi connectivity index (χ0v) is 21.3. The fraction of sp³-hybridized carbons (Fsp3) is 0.417. The molecule has 0 bridgehead atoms. The van der Waals surface area contributed by atoms with Crippen molar-refractivity contribution < 1.29 is 19.5 Å². The molecule has 36 heavy (non-hydrogen) atoms. The van der Waals surface area contributed by atoms with E-state index in [9.17, 15) is 14.7 Å². The van der Waals surface area contributed by atoms with E-state index in [0.717, 1.165) is 21.4 Å². The number of thiazole rings is 1. The Labute approximate surface area is 212 Å². The molecule has 3 heterocycles. The van der Waals surface area contributed by atoms with Crippen molar-refractivity contribution in [1.82, 2.24) is 20.3 Å². The van der Waals surface area contributed by atoms with E-state index in [4.69, 9.17) is 4.84 Å². The van der Waals surface area contributed by atoms with Gasteiger partial charge in [-0.15, -0.1) is 0 Å². The highest BCUT2D eigenvalue weighted by atomic mass is 32.1. The van der Waals surface area contributed by atoms with Crippen molar-refractivity contribution >= 4 is 50.8 Å². The van der Waals surface area contributed by atoms with Crippen LogP contribution in [0.5, 0.6) is 0 Å². The molecule has 190 valence electrons. The monoisotopic (exact) mass is 511 g/mol. The van der Waals surface area contributed by atoms with Gasteiger partial charge in [0, 0.05) is 43.2 Å². The summed E-state index contributed by atoms with van der Waals surface area (Å²) in [6.07, 6.45) is 6.85. The number of carboxylic acid groups (broad SMARTS) is 1. The number of fused-ring (bicyclic) bond motifs is 1. The van der Waals surface area contributed by atoms with Gasteiger partial charge in [0.05, 0.1) is 21.8 Å². The summed E-state index contributed by atoms with van der Waals surface area (Å²) >= 11 is 1.35. The summed E-state index contributed by atoms with van der Waals surface area (Å²) in [5.74, 6) is -0.145. The van der Waals surface area contributed by atoms with Crippen LogP contribution in [0.4, 0.5) is 15.9 Å². The van der Waals surface area contributed by atoms with Crippen molar-refractivity contribution in [2.75, 3.05) is 37.0 Å². The summed E-state index contributed by atoms with van der Waals surface area (Å²) in [7, 11) is 1.47. The number of aliphatic carboxylic acids is 1. The molecule has 3 N–H and O–H groups in total. The lowest BCUT2D eigenvalue weighted by Gasteiger charge is -2.38. The molecule has 4 rings (SSSR count). The van der Waals surface area contributed by atoms with Crippen LogP contribution in [0.1, 0.15) is 38.7 Å². The minimum atomic E-state index is -0.726. The van der Waals surface area contributed by atoms with Gasteiger partial charge in [-0.1, -0.05) is 23.4 Å². The lowest BCUT2D eigenvalue weighted by atomic mass is 9.76. The molecule has 1 fully saturated rings. The molecule has 0 spiro atoms. The van der Waals surface area contributed by atoms with Gasteiger partial charge in [0.15, 0.2) is 5.13 Å². The maximum absolute atomic E-state index is 11.9. The van der Waals surface area contributed by atoms with Crippen LogP contribution in [0.25, 0.3) is 21.3 Å². The molecule has 1 saturated heterocycles. The first-order valence-electron chi connectivity index (χ1n) is 11.8. The number of benzene rings is 1. The standard InChI is InChI=1S/C24H29N7O4S/c1-4-24(20(32)33)6-8-31(9-7-24)21-26-12-17(13-27-21)15-10-16(14-28-35-3)19-18(11-15)29-23(36-19)30-22(34)25-5-2/h10-14H,4-9H2,1-3H3,(H,32,33)(H2,25,29,30,34)/b28-14-. The summed E-state index contributed by atoms with van der Waals surface area (Å²) in [6, 6.07) is 3.55. The lowest BCUT2D eigenvalue weighted by molar-refractivity contribution is -0.150. The molecule has 2 amide bonds. The first-order chi connectivity index (χ1) is 17.4. The van der Waals surface area contributed by atoms with Crippen LogP contribution in [0, 0.1) is 5.41 Å². The highest BCUT2D eigenvalue weighted by Crippen LogP contribution is 2.36. The summed E-state index contributed by atoms with van der Waals surface area (Å²) in [5, 5.41) is 19.5. The number of amides is 2. The molecule has 1 aliphatic heterocycles. The maximum atomic E-state index is 11.9. The topological polar surface area (TPSA) is 142 Å². The van der Waals surface area contributed by atoms with E-state index < -0.39 is 11.4 Å². The number of nitrogens with one attached hydrogen (secondary N) is 2. The van der Waals surface area contributed by atoms with Gasteiger partial charge in [0.25, 0.3) is 0 Å². The molecule has 1 aromatic carbocycles. The number of anilines is 2. The number of hydrogen-bond acceptors (Lipinski definition) is 9. The first-order valence-corrected chi connectivity index (χ1v) is 12.6. The molecule has 1 aliphatic rings. The number of piperidine rings is 1. The van der Waals surface area contributed by atoms with Crippen LogP contribution in [0.3, 0.4) is 0 Å². The molecule has 11 nitrogen and oxygen atoms in total. The summed E-state index contributed by atoms with van der Waals surface area (Å²) in [6.45, 7) is 5.49. The van der Waals surface area contributed by atoms with E-state index in [1.807, 2.05) is 30.9 Å². The lowest BCUT2D eigenvalue weighted by Crippen LogP contribution is -2.44. The number of carbonyl (C=O) groups excluding carboxylic acids is 1. The number of oxime groups is 1. The van der Waals surface area contributed by atoms with Crippen molar-refractivity contribution in [3.8, 4) is 11.1 Å². The largest absolute Gasteiger partial charge is 0.481 e. The zero-order chi connectivity index (χ0) is 25.7. The van der Waals surface area contributed by atoms with Crippen LogP contribution in [-0.2, 0) is 9.63 Å². The van der Waals surface area contributed by atoms with Gasteiger partial charge >= 0.3 is 12.0 Å². The molecule has 12 heteroatoms. The van der Waals surface area contributed by atoms with E-state index in [2.05, 4.69) is 30.7 Å². The average molecular weight is 512 g/mol. The predicted octanol–water partition coefficient (Wildman–Crippen LogP) is 3.96. The second-order valence-electron chi connectivity index (χ2n) is 8.53. The van der Waals surface area contributed by atoms with Crippen LogP contribution >= 0.6 is 11.3 Å². The van der Waals surface area contributed by atoms with Crippen LogP contribution in [0.15, 0.2) is 29.7 Å². The van der Waals surface area contributed by atoms with Gasteiger partial charge in [-0.05, 0) is 43.9 Å². The van der Waals surface area contributed by atoms with Gasteiger partial charge in [0.2, 0.25) is 5.95 Å². The predicted molar refractivity (Wildman–Crippen MR) is 140 cm³/mol. The molecule has 3 aromatic rings. The Balaban J connectivity index is 1.58. The van der Waals surface area contributed by atoms with Crippen LogP contribution in [0.2, 0.25) is 0 Å². The quantitative estimate of drug-likeness (QED) is 0.305. The SMILES string of the molecule is CCNC(=O)Nc1nc2cc(-c3cnc(N4CCC(CC)(C(=O)O)CC4)nc3)cc(/C=N\OC)c2s1.